The van der Waals surface area contributed by atoms with Crippen molar-refractivity contribution in [3.63, 3.8) is 0 Å². The van der Waals surface area contributed by atoms with Crippen LogP contribution in [0, 0.1) is 12.8 Å². The third-order valence-electron chi connectivity index (χ3n) is 5.05. The summed E-state index contributed by atoms with van der Waals surface area (Å²) in [6.45, 7) is 4.63. The summed E-state index contributed by atoms with van der Waals surface area (Å²) in [6.07, 6.45) is 5.52. The molecule has 1 saturated heterocycles. The zero-order chi connectivity index (χ0) is 20.4. The maximum absolute atomic E-state index is 13.0. The monoisotopic (exact) mass is 415 g/mol. The maximum atomic E-state index is 13.0. The standard InChI is InChI=1S/C19H22ClN7O2/c1-12-5-8-26(15(9-12)11-18-25-24-13(2)29-18)19(28)23-14-3-4-16(20)17(10-14)27-21-6-7-22-27/h3-4,6-7,10,12,15H,5,8-9,11H2,1-2H3,(H,23,28)/t12-,15?/m1/s1. The van der Waals surface area contributed by atoms with Gasteiger partial charge in [0.15, 0.2) is 0 Å². The van der Waals surface area contributed by atoms with E-state index < -0.39 is 0 Å². The minimum atomic E-state index is -0.167. The van der Waals surface area contributed by atoms with Gasteiger partial charge in [0.05, 0.1) is 17.4 Å². The van der Waals surface area contributed by atoms with E-state index in [1.54, 1.807) is 37.5 Å². The van der Waals surface area contributed by atoms with Crippen molar-refractivity contribution < 1.29 is 9.21 Å². The number of amides is 2. The van der Waals surface area contributed by atoms with Gasteiger partial charge < -0.3 is 14.6 Å². The van der Waals surface area contributed by atoms with Crippen LogP contribution in [-0.4, -0.2) is 48.7 Å². The SMILES string of the molecule is Cc1nnc(CC2C[C@H](C)CCN2C(=O)Nc2ccc(Cl)c(-n3nccn3)c2)o1. The van der Waals surface area contributed by atoms with Crippen LogP contribution in [0.1, 0.15) is 31.5 Å². The van der Waals surface area contributed by atoms with Gasteiger partial charge in [-0.2, -0.15) is 15.0 Å². The quantitative estimate of drug-likeness (QED) is 0.699. The van der Waals surface area contributed by atoms with E-state index in [0.717, 1.165) is 12.8 Å². The topological polar surface area (TPSA) is 102 Å². The van der Waals surface area contributed by atoms with Crippen LogP contribution in [0.3, 0.4) is 0 Å². The second-order valence-corrected chi connectivity index (χ2v) is 7.72. The molecule has 1 aliphatic heterocycles. The molecule has 2 amide bonds. The lowest BCUT2D eigenvalue weighted by molar-refractivity contribution is 0.137. The van der Waals surface area contributed by atoms with E-state index in [1.165, 1.54) is 4.80 Å². The van der Waals surface area contributed by atoms with E-state index in [0.29, 0.717) is 47.1 Å². The number of hydrogen-bond donors (Lipinski definition) is 1. The molecule has 1 fully saturated rings. The Balaban J connectivity index is 1.51. The third-order valence-corrected chi connectivity index (χ3v) is 5.37. The fraction of sp³-hybridized carbons (Fsp3) is 0.421. The van der Waals surface area contributed by atoms with Crippen molar-refractivity contribution in [3.8, 4) is 5.69 Å². The fourth-order valence-electron chi connectivity index (χ4n) is 3.61. The van der Waals surface area contributed by atoms with Crippen LogP contribution in [0.4, 0.5) is 10.5 Å². The lowest BCUT2D eigenvalue weighted by Gasteiger charge is -2.38. The van der Waals surface area contributed by atoms with Crippen LogP contribution in [0.25, 0.3) is 5.69 Å². The summed E-state index contributed by atoms with van der Waals surface area (Å²) in [5, 5.41) is 19.6. The van der Waals surface area contributed by atoms with Crippen LogP contribution in [0.5, 0.6) is 0 Å². The number of benzene rings is 1. The van der Waals surface area contributed by atoms with Crippen LogP contribution >= 0.6 is 11.6 Å². The summed E-state index contributed by atoms with van der Waals surface area (Å²) < 4.78 is 5.53. The molecule has 1 unspecified atom stereocenters. The minimum absolute atomic E-state index is 0.00171. The van der Waals surface area contributed by atoms with E-state index in [2.05, 4.69) is 32.6 Å². The van der Waals surface area contributed by atoms with Gasteiger partial charge in [0, 0.05) is 31.6 Å². The number of aryl methyl sites for hydroxylation is 1. The van der Waals surface area contributed by atoms with Gasteiger partial charge in [0.1, 0.15) is 5.69 Å². The molecule has 2 atom stereocenters. The first-order valence-electron chi connectivity index (χ1n) is 9.52. The maximum Gasteiger partial charge on any atom is 0.322 e. The van der Waals surface area contributed by atoms with Crippen LogP contribution < -0.4 is 5.32 Å². The average molecular weight is 416 g/mol. The minimum Gasteiger partial charge on any atom is -0.426 e. The highest BCUT2D eigenvalue weighted by Crippen LogP contribution is 2.27. The van der Waals surface area contributed by atoms with Crippen molar-refractivity contribution in [2.45, 2.75) is 39.2 Å². The first-order valence-corrected chi connectivity index (χ1v) is 9.90. The number of piperidine rings is 1. The van der Waals surface area contributed by atoms with Crippen LogP contribution in [-0.2, 0) is 6.42 Å². The van der Waals surface area contributed by atoms with Crippen molar-refractivity contribution in [1.82, 2.24) is 30.1 Å². The molecule has 1 aromatic carbocycles. The summed E-state index contributed by atoms with van der Waals surface area (Å²) in [5.41, 5.74) is 1.22. The summed E-state index contributed by atoms with van der Waals surface area (Å²) >= 11 is 6.26. The number of nitrogens with zero attached hydrogens (tertiary/aromatic N) is 6. The largest absolute Gasteiger partial charge is 0.426 e. The number of hydrogen-bond acceptors (Lipinski definition) is 6. The molecule has 9 nitrogen and oxygen atoms in total. The number of aromatic nitrogens is 5. The Morgan fingerprint density at radius 3 is 2.83 bits per heavy atom. The van der Waals surface area contributed by atoms with Crippen molar-refractivity contribution in [1.29, 1.82) is 0 Å². The lowest BCUT2D eigenvalue weighted by Crippen LogP contribution is -2.48. The van der Waals surface area contributed by atoms with E-state index in [-0.39, 0.29) is 12.1 Å². The van der Waals surface area contributed by atoms with Gasteiger partial charge in [0.25, 0.3) is 0 Å². The molecule has 3 heterocycles. The smallest absolute Gasteiger partial charge is 0.322 e. The van der Waals surface area contributed by atoms with Crippen molar-refractivity contribution >= 4 is 23.3 Å². The Morgan fingerprint density at radius 2 is 2.10 bits per heavy atom. The molecular formula is C19H22ClN7O2. The van der Waals surface area contributed by atoms with Gasteiger partial charge in [-0.05, 0) is 37.0 Å². The Morgan fingerprint density at radius 1 is 1.31 bits per heavy atom. The predicted octanol–water partition coefficient (Wildman–Crippen LogP) is 3.49. The van der Waals surface area contributed by atoms with E-state index in [4.69, 9.17) is 16.0 Å². The van der Waals surface area contributed by atoms with Gasteiger partial charge in [-0.1, -0.05) is 18.5 Å². The van der Waals surface area contributed by atoms with Crippen molar-refractivity contribution in [3.05, 3.63) is 47.4 Å². The number of carbonyl (C=O) groups excluding carboxylic acids is 1. The molecular weight excluding hydrogens is 394 g/mol. The van der Waals surface area contributed by atoms with Crippen LogP contribution in [0.15, 0.2) is 35.0 Å². The first-order chi connectivity index (χ1) is 14.0. The van der Waals surface area contributed by atoms with Crippen LogP contribution in [0.2, 0.25) is 5.02 Å². The lowest BCUT2D eigenvalue weighted by atomic mass is 9.91. The van der Waals surface area contributed by atoms with Gasteiger partial charge in [-0.3, -0.25) is 0 Å². The van der Waals surface area contributed by atoms with Crippen molar-refractivity contribution in [2.75, 3.05) is 11.9 Å². The Hall–Kier alpha value is -2.94. The van der Waals surface area contributed by atoms with Gasteiger partial charge in [-0.15, -0.1) is 10.2 Å². The number of nitrogens with one attached hydrogen (secondary N) is 1. The molecule has 0 aliphatic carbocycles. The normalized spacial score (nSPS) is 19.3. The zero-order valence-electron chi connectivity index (χ0n) is 16.2. The molecule has 1 aliphatic rings. The van der Waals surface area contributed by atoms with E-state index in [1.807, 2.05) is 4.90 Å². The third kappa shape index (κ3) is 4.40. The molecule has 3 aromatic rings. The molecule has 29 heavy (non-hydrogen) atoms. The summed E-state index contributed by atoms with van der Waals surface area (Å²) in [4.78, 5) is 16.3. The summed E-state index contributed by atoms with van der Waals surface area (Å²) in [7, 11) is 0. The van der Waals surface area contributed by atoms with E-state index >= 15 is 0 Å². The molecule has 1 N–H and O–H groups in total. The average Bonchev–Trinajstić information content (AvgIpc) is 3.35. The molecule has 2 aromatic heterocycles. The number of rotatable bonds is 4. The Labute approximate surface area is 173 Å². The number of halogens is 1. The first kappa shape index (κ1) is 19.4. The highest BCUT2D eigenvalue weighted by Gasteiger charge is 2.31. The number of likely N-dealkylation sites (tertiary alicyclic amines) is 1. The fourth-order valence-corrected chi connectivity index (χ4v) is 3.81. The second-order valence-electron chi connectivity index (χ2n) is 7.31. The number of anilines is 1. The summed E-state index contributed by atoms with van der Waals surface area (Å²) in [6, 6.07) is 5.06. The highest BCUT2D eigenvalue weighted by molar-refractivity contribution is 6.32. The predicted molar refractivity (Wildman–Crippen MR) is 107 cm³/mol. The molecule has 0 spiro atoms. The summed E-state index contributed by atoms with van der Waals surface area (Å²) in [5.74, 6) is 1.61. The van der Waals surface area contributed by atoms with Gasteiger partial charge >= 0.3 is 6.03 Å². The highest BCUT2D eigenvalue weighted by atomic mass is 35.5. The zero-order valence-corrected chi connectivity index (χ0v) is 17.0. The molecule has 4 rings (SSSR count). The van der Waals surface area contributed by atoms with E-state index in [9.17, 15) is 4.79 Å². The van der Waals surface area contributed by atoms with Crippen molar-refractivity contribution in [2.24, 2.45) is 5.92 Å². The van der Waals surface area contributed by atoms with Gasteiger partial charge in [0.2, 0.25) is 11.8 Å². The number of urea groups is 1. The molecule has 0 radical (unpaired) electrons. The molecule has 0 saturated carbocycles. The Kier molecular flexibility index (Phi) is 5.48. The van der Waals surface area contributed by atoms with Gasteiger partial charge in [-0.25, -0.2) is 4.79 Å². The molecule has 0 bridgehead atoms. The molecule has 10 heteroatoms. The number of carbonyl (C=O) groups is 1. The molecule has 152 valence electrons. The Bertz CT molecular complexity index is 988. The second kappa shape index (κ2) is 8.20.